The van der Waals surface area contributed by atoms with Gasteiger partial charge in [0.05, 0.1) is 7.11 Å². The number of rotatable bonds is 3. The molecule has 19 heavy (non-hydrogen) atoms. The third kappa shape index (κ3) is 3.13. The third-order valence-corrected chi connectivity index (χ3v) is 2.84. The van der Waals surface area contributed by atoms with Crippen molar-refractivity contribution >= 4 is 12.1 Å². The molecule has 1 aromatic carbocycles. The Morgan fingerprint density at radius 1 is 1.32 bits per heavy atom. The largest absolute Gasteiger partial charge is 0.467 e. The first-order chi connectivity index (χ1) is 9.22. The van der Waals surface area contributed by atoms with Crippen LogP contribution >= 0.6 is 0 Å². The summed E-state index contributed by atoms with van der Waals surface area (Å²) in [5, 5.41) is 0. The predicted molar refractivity (Wildman–Crippen MR) is 68.3 cm³/mol. The van der Waals surface area contributed by atoms with Gasteiger partial charge >= 0.3 is 12.1 Å². The molecule has 0 spiro atoms. The van der Waals surface area contributed by atoms with Gasteiger partial charge in [0.25, 0.3) is 0 Å². The van der Waals surface area contributed by atoms with E-state index >= 15 is 0 Å². The van der Waals surface area contributed by atoms with Gasteiger partial charge in [-0.05, 0) is 5.56 Å². The molecule has 0 radical (unpaired) electrons. The first kappa shape index (κ1) is 13.1. The van der Waals surface area contributed by atoms with Crippen molar-refractivity contribution in [1.29, 1.82) is 0 Å². The molecule has 100 valence electrons. The molecule has 1 aliphatic rings. The van der Waals surface area contributed by atoms with Crippen LogP contribution in [0.25, 0.3) is 0 Å². The first-order valence-corrected chi connectivity index (χ1v) is 5.94. The summed E-state index contributed by atoms with van der Waals surface area (Å²) in [5.41, 5.74) is 0.901. The highest BCUT2D eigenvalue weighted by molar-refractivity contribution is 5.84. The fourth-order valence-electron chi connectivity index (χ4n) is 1.84. The number of esters is 1. The van der Waals surface area contributed by atoms with Gasteiger partial charge in [-0.15, -0.1) is 0 Å². The van der Waals surface area contributed by atoms with Gasteiger partial charge in [0.15, 0.2) is 6.04 Å². The average Bonchev–Trinajstić information content (AvgIpc) is 2.94. The van der Waals surface area contributed by atoms with E-state index in [0.29, 0.717) is 6.54 Å². The lowest BCUT2D eigenvalue weighted by atomic mass is 10.2. The monoisotopic (exact) mass is 261 g/mol. The van der Waals surface area contributed by atoms with Gasteiger partial charge in [0.2, 0.25) is 0 Å². The molecule has 1 heterocycles. The standard InChI is InChI=1S/C14H15NO4/c1-18-13(16)12-8-5-9-15(12)14(17)19-10-11-6-3-2-4-7-11/h2-8,12H,9-10H2,1H3. The molecule has 1 amide bonds. The molecule has 0 fully saturated rings. The minimum Gasteiger partial charge on any atom is -0.467 e. The molecule has 1 aromatic rings. The van der Waals surface area contributed by atoms with Crippen LogP contribution in [0.1, 0.15) is 5.56 Å². The zero-order valence-corrected chi connectivity index (χ0v) is 10.6. The van der Waals surface area contributed by atoms with Crippen molar-refractivity contribution in [2.24, 2.45) is 0 Å². The minimum absolute atomic E-state index is 0.185. The summed E-state index contributed by atoms with van der Waals surface area (Å²) in [6.45, 7) is 0.539. The zero-order valence-electron chi connectivity index (χ0n) is 10.6. The summed E-state index contributed by atoms with van der Waals surface area (Å²) >= 11 is 0. The Hall–Kier alpha value is -2.30. The van der Waals surface area contributed by atoms with Crippen LogP contribution in [-0.4, -0.2) is 36.7 Å². The quantitative estimate of drug-likeness (QED) is 0.614. The van der Waals surface area contributed by atoms with E-state index in [1.165, 1.54) is 12.0 Å². The molecule has 0 aliphatic carbocycles. The summed E-state index contributed by atoms with van der Waals surface area (Å²) in [6, 6.07) is 8.69. The molecule has 1 aliphatic heterocycles. The number of carbonyl (C=O) groups excluding carboxylic acids is 2. The van der Waals surface area contributed by atoms with E-state index in [1.54, 1.807) is 12.2 Å². The van der Waals surface area contributed by atoms with E-state index in [2.05, 4.69) is 4.74 Å². The number of methoxy groups -OCH3 is 1. The lowest BCUT2D eigenvalue weighted by molar-refractivity contribution is -0.144. The molecule has 0 saturated heterocycles. The van der Waals surface area contributed by atoms with Crippen LogP contribution in [0.5, 0.6) is 0 Å². The Kier molecular flexibility index (Phi) is 4.18. The summed E-state index contributed by atoms with van der Waals surface area (Å²) in [7, 11) is 1.29. The Balaban J connectivity index is 1.91. The SMILES string of the molecule is COC(=O)C1C=CCN1C(=O)OCc1ccccc1. The van der Waals surface area contributed by atoms with Gasteiger partial charge in [0.1, 0.15) is 6.61 Å². The topological polar surface area (TPSA) is 55.8 Å². The maximum Gasteiger partial charge on any atom is 0.411 e. The number of amides is 1. The van der Waals surface area contributed by atoms with Crippen LogP contribution in [0.2, 0.25) is 0 Å². The molecular weight excluding hydrogens is 246 g/mol. The smallest absolute Gasteiger partial charge is 0.411 e. The molecule has 1 unspecified atom stereocenters. The van der Waals surface area contributed by atoms with Crippen molar-refractivity contribution < 1.29 is 19.1 Å². The van der Waals surface area contributed by atoms with Crippen LogP contribution < -0.4 is 0 Å². The third-order valence-electron chi connectivity index (χ3n) is 2.84. The van der Waals surface area contributed by atoms with Crippen LogP contribution in [0, 0.1) is 0 Å². The van der Waals surface area contributed by atoms with Crippen LogP contribution in [-0.2, 0) is 20.9 Å². The van der Waals surface area contributed by atoms with E-state index < -0.39 is 18.1 Å². The highest BCUT2D eigenvalue weighted by atomic mass is 16.6. The predicted octanol–water partition coefficient (Wildman–Crippen LogP) is 1.74. The molecule has 0 saturated carbocycles. The molecule has 0 aromatic heterocycles. The van der Waals surface area contributed by atoms with Gasteiger partial charge in [-0.3, -0.25) is 4.90 Å². The van der Waals surface area contributed by atoms with Gasteiger partial charge in [0, 0.05) is 6.54 Å². The second-order valence-corrected chi connectivity index (χ2v) is 4.09. The van der Waals surface area contributed by atoms with Crippen molar-refractivity contribution in [3.8, 4) is 0 Å². The molecule has 0 bridgehead atoms. The van der Waals surface area contributed by atoms with Gasteiger partial charge in [-0.2, -0.15) is 0 Å². The Morgan fingerprint density at radius 2 is 2.05 bits per heavy atom. The van der Waals surface area contributed by atoms with Crippen molar-refractivity contribution in [3.63, 3.8) is 0 Å². The number of hydrogen-bond donors (Lipinski definition) is 0. The number of ether oxygens (including phenoxy) is 2. The number of nitrogens with zero attached hydrogens (tertiary/aromatic N) is 1. The molecular formula is C14H15NO4. The van der Waals surface area contributed by atoms with Crippen molar-refractivity contribution in [1.82, 2.24) is 4.90 Å². The number of hydrogen-bond acceptors (Lipinski definition) is 4. The van der Waals surface area contributed by atoms with Crippen molar-refractivity contribution in [2.75, 3.05) is 13.7 Å². The van der Waals surface area contributed by atoms with Crippen LogP contribution in [0.15, 0.2) is 42.5 Å². The molecule has 1 atom stereocenters. The Bertz CT molecular complexity index is 483. The summed E-state index contributed by atoms with van der Waals surface area (Å²) < 4.78 is 9.81. The Morgan fingerprint density at radius 3 is 2.74 bits per heavy atom. The number of carbonyl (C=O) groups is 2. The molecule has 5 heteroatoms. The fourth-order valence-corrected chi connectivity index (χ4v) is 1.84. The second kappa shape index (κ2) is 6.04. The van der Waals surface area contributed by atoms with Crippen molar-refractivity contribution in [3.05, 3.63) is 48.0 Å². The van der Waals surface area contributed by atoms with Crippen LogP contribution in [0.4, 0.5) is 4.79 Å². The second-order valence-electron chi connectivity index (χ2n) is 4.09. The van der Waals surface area contributed by atoms with E-state index in [1.807, 2.05) is 30.3 Å². The molecule has 5 nitrogen and oxygen atoms in total. The first-order valence-electron chi connectivity index (χ1n) is 5.94. The van der Waals surface area contributed by atoms with Crippen molar-refractivity contribution in [2.45, 2.75) is 12.6 Å². The van der Waals surface area contributed by atoms with E-state index in [0.717, 1.165) is 5.56 Å². The summed E-state index contributed by atoms with van der Waals surface area (Å²) in [5.74, 6) is -0.467. The molecule has 0 N–H and O–H groups in total. The van der Waals surface area contributed by atoms with Gasteiger partial charge in [-0.1, -0.05) is 42.5 Å². The zero-order chi connectivity index (χ0) is 13.7. The highest BCUT2D eigenvalue weighted by Crippen LogP contribution is 2.13. The van der Waals surface area contributed by atoms with Gasteiger partial charge in [-0.25, -0.2) is 9.59 Å². The van der Waals surface area contributed by atoms with E-state index in [-0.39, 0.29) is 6.61 Å². The maximum atomic E-state index is 11.9. The average molecular weight is 261 g/mol. The Labute approximate surface area is 111 Å². The fraction of sp³-hybridized carbons (Fsp3) is 0.286. The summed E-state index contributed by atoms with van der Waals surface area (Å²) in [4.78, 5) is 24.7. The lowest BCUT2D eigenvalue weighted by Gasteiger charge is -2.21. The lowest BCUT2D eigenvalue weighted by Crippen LogP contribution is -2.41. The minimum atomic E-state index is -0.687. The van der Waals surface area contributed by atoms with Crippen LogP contribution in [0.3, 0.4) is 0 Å². The van der Waals surface area contributed by atoms with E-state index in [9.17, 15) is 9.59 Å². The summed E-state index contributed by atoms with van der Waals surface area (Å²) in [6.07, 6.45) is 2.85. The normalized spacial score (nSPS) is 17.3. The van der Waals surface area contributed by atoms with Gasteiger partial charge < -0.3 is 9.47 Å². The highest BCUT2D eigenvalue weighted by Gasteiger charge is 2.32. The number of benzene rings is 1. The maximum absolute atomic E-state index is 11.9. The van der Waals surface area contributed by atoms with E-state index in [4.69, 9.17) is 4.74 Å². The molecule has 2 rings (SSSR count).